The summed E-state index contributed by atoms with van der Waals surface area (Å²) in [4.78, 5) is 27.5. The van der Waals surface area contributed by atoms with E-state index < -0.39 is 34.1 Å². The van der Waals surface area contributed by atoms with Crippen LogP contribution in [0, 0.1) is 0 Å². The molecular weight excluding hydrogens is 446 g/mol. The van der Waals surface area contributed by atoms with Gasteiger partial charge in [-0.3, -0.25) is 9.59 Å². The molecule has 2 aromatic rings. The number of sulfonamides is 1. The van der Waals surface area contributed by atoms with E-state index in [0.717, 1.165) is 0 Å². The van der Waals surface area contributed by atoms with Crippen molar-refractivity contribution in [3.05, 3.63) is 48.4 Å². The van der Waals surface area contributed by atoms with Crippen molar-refractivity contribution >= 4 is 21.8 Å². The highest BCUT2D eigenvalue weighted by molar-refractivity contribution is 7.89. The van der Waals surface area contributed by atoms with Crippen molar-refractivity contribution in [2.75, 3.05) is 13.7 Å². The smallest absolute Gasteiger partial charge is 0.243 e. The molecule has 0 saturated heterocycles. The molecule has 0 spiro atoms. The van der Waals surface area contributed by atoms with Gasteiger partial charge < -0.3 is 19.4 Å². The SMILES string of the molecule is CCC(C(=O)NC(C)(C)CC)N(Cc1ccco1)C(=O)CNS(=O)(=O)c1ccc(OC)cc1. The summed E-state index contributed by atoms with van der Waals surface area (Å²) in [7, 11) is -2.46. The van der Waals surface area contributed by atoms with Crippen LogP contribution in [0.2, 0.25) is 0 Å². The monoisotopic (exact) mass is 479 g/mol. The highest BCUT2D eigenvalue weighted by atomic mass is 32.2. The van der Waals surface area contributed by atoms with Gasteiger partial charge in [-0.2, -0.15) is 0 Å². The van der Waals surface area contributed by atoms with Crippen LogP contribution in [0.5, 0.6) is 5.75 Å². The zero-order chi connectivity index (χ0) is 24.6. The highest BCUT2D eigenvalue weighted by Crippen LogP contribution is 2.17. The van der Waals surface area contributed by atoms with Gasteiger partial charge in [0, 0.05) is 5.54 Å². The van der Waals surface area contributed by atoms with E-state index in [1.165, 1.54) is 42.5 Å². The second-order valence-corrected chi connectivity index (χ2v) is 10.0. The first-order chi connectivity index (χ1) is 15.5. The number of carbonyl (C=O) groups is 2. The second-order valence-electron chi connectivity index (χ2n) is 8.25. The number of rotatable bonds is 12. The average molecular weight is 480 g/mol. The van der Waals surface area contributed by atoms with E-state index in [0.29, 0.717) is 24.4 Å². The molecule has 1 aromatic heterocycles. The normalized spacial score (nSPS) is 12.8. The quantitative estimate of drug-likeness (QED) is 0.483. The minimum atomic E-state index is -3.94. The van der Waals surface area contributed by atoms with E-state index in [1.807, 2.05) is 20.8 Å². The number of furan rings is 1. The topological polar surface area (TPSA) is 118 Å². The Morgan fingerprint density at radius 1 is 1.15 bits per heavy atom. The molecule has 2 N–H and O–H groups in total. The third-order valence-corrected chi connectivity index (χ3v) is 6.84. The number of ether oxygens (including phenoxy) is 1. The number of amides is 2. The fraction of sp³-hybridized carbons (Fsp3) is 0.478. The summed E-state index contributed by atoms with van der Waals surface area (Å²) < 4.78 is 38.1. The number of benzene rings is 1. The Labute approximate surface area is 195 Å². The molecule has 1 aromatic carbocycles. The van der Waals surface area contributed by atoms with Gasteiger partial charge in [-0.15, -0.1) is 0 Å². The maximum atomic E-state index is 13.1. The zero-order valence-electron chi connectivity index (χ0n) is 19.8. The Hall–Kier alpha value is -2.85. The number of hydrogen-bond donors (Lipinski definition) is 2. The van der Waals surface area contributed by atoms with Crippen LogP contribution < -0.4 is 14.8 Å². The molecule has 1 unspecified atom stereocenters. The molecular formula is C23H33N3O6S. The van der Waals surface area contributed by atoms with Crippen LogP contribution in [0.15, 0.2) is 52.0 Å². The molecule has 0 aliphatic carbocycles. The lowest BCUT2D eigenvalue weighted by atomic mass is 10.0. The summed E-state index contributed by atoms with van der Waals surface area (Å²) in [6.45, 7) is 7.09. The molecule has 2 rings (SSSR count). The second kappa shape index (κ2) is 11.3. The Morgan fingerprint density at radius 3 is 2.33 bits per heavy atom. The standard InChI is InChI=1S/C23H33N3O6S/c1-6-20(22(28)25-23(3,4)7-2)26(16-18-9-8-14-32-18)21(27)15-24-33(29,30)19-12-10-17(31-5)11-13-19/h8-14,20,24H,6-7,15-16H2,1-5H3,(H,25,28). The van der Waals surface area contributed by atoms with Gasteiger partial charge in [-0.1, -0.05) is 13.8 Å². The van der Waals surface area contributed by atoms with E-state index in [-0.39, 0.29) is 17.3 Å². The minimum absolute atomic E-state index is 0.00293. The summed E-state index contributed by atoms with van der Waals surface area (Å²) in [5.74, 6) is 0.158. The van der Waals surface area contributed by atoms with Crippen LogP contribution in [-0.4, -0.2) is 50.4 Å². The number of nitrogens with one attached hydrogen (secondary N) is 2. The molecule has 0 aliphatic heterocycles. The Balaban J connectivity index is 2.21. The summed E-state index contributed by atoms with van der Waals surface area (Å²) in [6, 6.07) is 8.41. The van der Waals surface area contributed by atoms with Gasteiger partial charge >= 0.3 is 0 Å². The number of carbonyl (C=O) groups excluding carboxylic acids is 2. The van der Waals surface area contributed by atoms with Crippen LogP contribution in [0.3, 0.4) is 0 Å². The largest absolute Gasteiger partial charge is 0.497 e. The van der Waals surface area contributed by atoms with Crippen molar-refractivity contribution < 1.29 is 27.2 Å². The van der Waals surface area contributed by atoms with Gasteiger partial charge in [-0.25, -0.2) is 13.1 Å². The molecule has 33 heavy (non-hydrogen) atoms. The Morgan fingerprint density at radius 2 is 1.82 bits per heavy atom. The Bertz CT molecular complexity index is 1020. The molecule has 0 saturated carbocycles. The van der Waals surface area contributed by atoms with E-state index in [4.69, 9.17) is 9.15 Å². The molecule has 9 nitrogen and oxygen atoms in total. The number of hydrogen-bond acceptors (Lipinski definition) is 6. The summed E-state index contributed by atoms with van der Waals surface area (Å²) in [5, 5.41) is 2.97. The van der Waals surface area contributed by atoms with Crippen LogP contribution in [-0.2, 0) is 26.2 Å². The van der Waals surface area contributed by atoms with Gasteiger partial charge in [0.25, 0.3) is 0 Å². The average Bonchev–Trinajstić information content (AvgIpc) is 3.30. The molecule has 0 fully saturated rings. The first kappa shape index (κ1) is 26.4. The molecule has 0 radical (unpaired) electrons. The van der Waals surface area contributed by atoms with Gasteiger partial charge in [0.1, 0.15) is 17.6 Å². The van der Waals surface area contributed by atoms with Gasteiger partial charge in [-0.05, 0) is 63.1 Å². The predicted octanol–water partition coefficient (Wildman–Crippen LogP) is 2.68. The van der Waals surface area contributed by atoms with Crippen LogP contribution in [0.4, 0.5) is 0 Å². The maximum absolute atomic E-state index is 13.1. The fourth-order valence-corrected chi connectivity index (χ4v) is 4.07. The summed E-state index contributed by atoms with van der Waals surface area (Å²) in [5.41, 5.74) is -0.445. The third kappa shape index (κ3) is 7.33. The lowest BCUT2D eigenvalue weighted by Crippen LogP contribution is -2.55. The third-order valence-electron chi connectivity index (χ3n) is 5.42. The first-order valence-corrected chi connectivity index (χ1v) is 12.3. The summed E-state index contributed by atoms with van der Waals surface area (Å²) >= 11 is 0. The van der Waals surface area contributed by atoms with Crippen molar-refractivity contribution in [2.45, 2.75) is 63.6 Å². The minimum Gasteiger partial charge on any atom is -0.497 e. The van der Waals surface area contributed by atoms with Crippen LogP contribution in [0.1, 0.15) is 46.3 Å². The van der Waals surface area contributed by atoms with Crippen LogP contribution in [0.25, 0.3) is 0 Å². The zero-order valence-corrected chi connectivity index (χ0v) is 20.6. The Kier molecular flexibility index (Phi) is 9.07. The maximum Gasteiger partial charge on any atom is 0.243 e. The first-order valence-electron chi connectivity index (χ1n) is 10.8. The van der Waals surface area contributed by atoms with Crippen molar-refractivity contribution in [1.82, 2.24) is 14.9 Å². The van der Waals surface area contributed by atoms with Crippen molar-refractivity contribution in [3.8, 4) is 5.75 Å². The van der Waals surface area contributed by atoms with Crippen molar-refractivity contribution in [1.29, 1.82) is 0 Å². The molecule has 0 aliphatic rings. The van der Waals surface area contributed by atoms with Gasteiger partial charge in [0.2, 0.25) is 21.8 Å². The molecule has 182 valence electrons. The van der Waals surface area contributed by atoms with E-state index in [1.54, 1.807) is 19.1 Å². The van der Waals surface area contributed by atoms with Crippen molar-refractivity contribution in [2.24, 2.45) is 0 Å². The van der Waals surface area contributed by atoms with Gasteiger partial charge in [0.05, 0.1) is 31.4 Å². The predicted molar refractivity (Wildman–Crippen MR) is 124 cm³/mol. The highest BCUT2D eigenvalue weighted by Gasteiger charge is 2.32. The molecule has 2 amide bonds. The fourth-order valence-electron chi connectivity index (χ4n) is 3.09. The van der Waals surface area contributed by atoms with Gasteiger partial charge in [0.15, 0.2) is 0 Å². The lowest BCUT2D eigenvalue weighted by Gasteiger charge is -2.33. The molecule has 1 atom stereocenters. The molecule has 1 heterocycles. The van der Waals surface area contributed by atoms with Crippen molar-refractivity contribution in [3.63, 3.8) is 0 Å². The van der Waals surface area contributed by atoms with Crippen LogP contribution >= 0.6 is 0 Å². The van der Waals surface area contributed by atoms with E-state index in [2.05, 4.69) is 10.0 Å². The summed E-state index contributed by atoms with van der Waals surface area (Å²) in [6.07, 6.45) is 2.54. The molecule has 10 heteroatoms. The number of nitrogens with zero attached hydrogens (tertiary/aromatic N) is 1. The van der Waals surface area contributed by atoms with E-state index >= 15 is 0 Å². The van der Waals surface area contributed by atoms with E-state index in [9.17, 15) is 18.0 Å². The lowest BCUT2D eigenvalue weighted by molar-refractivity contribution is -0.141. The number of methoxy groups -OCH3 is 1. The molecule has 0 bridgehead atoms.